The standard InChI is InChI=1S/C28H33NO2/c1-4-11-24(12-5-1)19-29-27(22-30-20-25-13-6-2-7-14-25)17-10-18-28(29)23-31-21-26-15-8-3-9-16-26/h1-9,11-16,27-28H,10,17-23H2/t27-,28-/m1/s1. The van der Waals surface area contributed by atoms with Crippen molar-refractivity contribution in [1.82, 2.24) is 4.90 Å². The van der Waals surface area contributed by atoms with Crippen LogP contribution in [0.3, 0.4) is 0 Å². The van der Waals surface area contributed by atoms with Gasteiger partial charge in [-0.3, -0.25) is 4.90 Å². The molecule has 0 N–H and O–H groups in total. The molecule has 0 unspecified atom stereocenters. The van der Waals surface area contributed by atoms with Crippen LogP contribution in [0.25, 0.3) is 0 Å². The summed E-state index contributed by atoms with van der Waals surface area (Å²) in [5.41, 5.74) is 3.82. The molecular formula is C28H33NO2. The molecule has 0 saturated carbocycles. The molecule has 0 amide bonds. The molecule has 3 heteroatoms. The summed E-state index contributed by atoms with van der Waals surface area (Å²) in [6.07, 6.45) is 3.58. The molecule has 1 aliphatic heterocycles. The number of rotatable bonds is 10. The minimum Gasteiger partial charge on any atom is -0.375 e. The molecular weight excluding hydrogens is 382 g/mol. The average Bonchev–Trinajstić information content (AvgIpc) is 2.83. The van der Waals surface area contributed by atoms with Crippen molar-refractivity contribution >= 4 is 0 Å². The second-order valence-electron chi connectivity index (χ2n) is 8.40. The molecule has 2 atom stereocenters. The topological polar surface area (TPSA) is 21.7 Å². The summed E-state index contributed by atoms with van der Waals surface area (Å²) in [5.74, 6) is 0. The molecule has 3 nitrogen and oxygen atoms in total. The summed E-state index contributed by atoms with van der Waals surface area (Å²) in [5, 5.41) is 0. The number of hydrogen-bond donors (Lipinski definition) is 0. The molecule has 3 aromatic carbocycles. The largest absolute Gasteiger partial charge is 0.375 e. The summed E-state index contributed by atoms with van der Waals surface area (Å²) >= 11 is 0. The predicted octanol–water partition coefficient (Wildman–Crippen LogP) is 5.84. The molecule has 1 heterocycles. The minimum atomic E-state index is 0.419. The highest BCUT2D eigenvalue weighted by Crippen LogP contribution is 2.26. The van der Waals surface area contributed by atoms with Crippen LogP contribution < -0.4 is 0 Å². The van der Waals surface area contributed by atoms with E-state index in [1.807, 2.05) is 12.1 Å². The van der Waals surface area contributed by atoms with Gasteiger partial charge in [0.05, 0.1) is 26.4 Å². The molecule has 1 aliphatic rings. The highest BCUT2D eigenvalue weighted by Gasteiger charge is 2.30. The van der Waals surface area contributed by atoms with Crippen LogP contribution in [0.15, 0.2) is 91.0 Å². The van der Waals surface area contributed by atoms with E-state index < -0.39 is 0 Å². The number of hydrogen-bond acceptors (Lipinski definition) is 3. The highest BCUT2D eigenvalue weighted by molar-refractivity contribution is 5.16. The van der Waals surface area contributed by atoms with Gasteiger partial charge < -0.3 is 9.47 Å². The summed E-state index contributed by atoms with van der Waals surface area (Å²) in [4.78, 5) is 2.62. The minimum absolute atomic E-state index is 0.419. The second-order valence-corrected chi connectivity index (χ2v) is 8.40. The number of piperidine rings is 1. The van der Waals surface area contributed by atoms with Crippen LogP contribution in [0, 0.1) is 0 Å². The zero-order chi connectivity index (χ0) is 21.1. The van der Waals surface area contributed by atoms with E-state index in [0.717, 1.165) is 19.8 Å². The summed E-state index contributed by atoms with van der Waals surface area (Å²) in [6, 6.07) is 32.5. The van der Waals surface area contributed by atoms with Crippen molar-refractivity contribution < 1.29 is 9.47 Å². The molecule has 4 rings (SSSR count). The van der Waals surface area contributed by atoms with Crippen molar-refractivity contribution in [2.75, 3.05) is 13.2 Å². The summed E-state index contributed by atoms with van der Waals surface area (Å²) < 4.78 is 12.3. The Morgan fingerprint density at radius 1 is 0.581 bits per heavy atom. The molecule has 31 heavy (non-hydrogen) atoms. The smallest absolute Gasteiger partial charge is 0.0717 e. The van der Waals surface area contributed by atoms with Gasteiger partial charge >= 0.3 is 0 Å². The van der Waals surface area contributed by atoms with Crippen LogP contribution >= 0.6 is 0 Å². The molecule has 0 bridgehead atoms. The third-order valence-electron chi connectivity index (χ3n) is 6.06. The van der Waals surface area contributed by atoms with E-state index in [1.165, 1.54) is 36.0 Å². The van der Waals surface area contributed by atoms with E-state index >= 15 is 0 Å². The Morgan fingerprint density at radius 2 is 1.00 bits per heavy atom. The zero-order valence-corrected chi connectivity index (χ0v) is 18.2. The Hall–Kier alpha value is -2.46. The molecule has 162 valence electrons. The lowest BCUT2D eigenvalue weighted by Crippen LogP contribution is -2.50. The van der Waals surface area contributed by atoms with Crippen molar-refractivity contribution in [1.29, 1.82) is 0 Å². The predicted molar refractivity (Wildman–Crippen MR) is 126 cm³/mol. The maximum Gasteiger partial charge on any atom is 0.0717 e. The van der Waals surface area contributed by atoms with Gasteiger partial charge in [0.25, 0.3) is 0 Å². The lowest BCUT2D eigenvalue weighted by atomic mass is 9.95. The van der Waals surface area contributed by atoms with Crippen molar-refractivity contribution in [2.45, 2.75) is 51.1 Å². The highest BCUT2D eigenvalue weighted by atomic mass is 16.5. The second kappa shape index (κ2) is 11.8. The molecule has 3 aromatic rings. The monoisotopic (exact) mass is 415 g/mol. The maximum absolute atomic E-state index is 6.17. The van der Waals surface area contributed by atoms with Gasteiger partial charge in [-0.15, -0.1) is 0 Å². The SMILES string of the molecule is c1ccc(COC[C@H]2CCC[C@H](COCc3ccccc3)N2Cc2ccccc2)cc1. The van der Waals surface area contributed by atoms with Gasteiger partial charge in [-0.2, -0.15) is 0 Å². The van der Waals surface area contributed by atoms with E-state index in [-0.39, 0.29) is 0 Å². The van der Waals surface area contributed by atoms with E-state index in [2.05, 4.69) is 83.8 Å². The van der Waals surface area contributed by atoms with Crippen molar-refractivity contribution in [3.63, 3.8) is 0 Å². The van der Waals surface area contributed by atoms with E-state index in [0.29, 0.717) is 25.3 Å². The first-order chi connectivity index (χ1) is 15.4. The summed E-state index contributed by atoms with van der Waals surface area (Å²) in [6.45, 7) is 3.81. The molecule has 1 fully saturated rings. The number of benzene rings is 3. The molecule has 0 spiro atoms. The maximum atomic E-state index is 6.17. The van der Waals surface area contributed by atoms with Crippen LogP contribution in [-0.2, 0) is 29.2 Å². The first-order valence-corrected chi connectivity index (χ1v) is 11.4. The Balaban J connectivity index is 1.37. The van der Waals surface area contributed by atoms with Crippen LogP contribution in [-0.4, -0.2) is 30.2 Å². The fourth-order valence-electron chi connectivity index (χ4n) is 4.40. The Morgan fingerprint density at radius 3 is 1.45 bits per heavy atom. The van der Waals surface area contributed by atoms with Crippen LogP contribution in [0.4, 0.5) is 0 Å². The van der Waals surface area contributed by atoms with Gasteiger partial charge in [0, 0.05) is 18.6 Å². The number of likely N-dealkylation sites (tertiary alicyclic amines) is 1. The van der Waals surface area contributed by atoms with Crippen molar-refractivity contribution in [2.24, 2.45) is 0 Å². The van der Waals surface area contributed by atoms with E-state index in [9.17, 15) is 0 Å². The summed E-state index contributed by atoms with van der Waals surface area (Å²) in [7, 11) is 0. The van der Waals surface area contributed by atoms with E-state index in [4.69, 9.17) is 9.47 Å². The van der Waals surface area contributed by atoms with Gasteiger partial charge in [-0.05, 0) is 29.5 Å². The average molecular weight is 416 g/mol. The Kier molecular flexibility index (Phi) is 8.29. The molecule has 0 radical (unpaired) electrons. The van der Waals surface area contributed by atoms with Crippen LogP contribution in [0.5, 0.6) is 0 Å². The fourth-order valence-corrected chi connectivity index (χ4v) is 4.40. The van der Waals surface area contributed by atoms with Crippen molar-refractivity contribution in [3.8, 4) is 0 Å². The fraction of sp³-hybridized carbons (Fsp3) is 0.357. The van der Waals surface area contributed by atoms with Gasteiger partial charge in [0.15, 0.2) is 0 Å². The van der Waals surface area contributed by atoms with Gasteiger partial charge in [0.2, 0.25) is 0 Å². The van der Waals surface area contributed by atoms with Crippen LogP contribution in [0.1, 0.15) is 36.0 Å². The zero-order valence-electron chi connectivity index (χ0n) is 18.2. The normalized spacial score (nSPS) is 19.4. The third-order valence-corrected chi connectivity index (χ3v) is 6.06. The van der Waals surface area contributed by atoms with Gasteiger partial charge in [-0.25, -0.2) is 0 Å². The molecule has 0 aromatic heterocycles. The number of nitrogens with zero attached hydrogens (tertiary/aromatic N) is 1. The Labute approximate surface area is 186 Å². The lowest BCUT2D eigenvalue weighted by Gasteiger charge is -2.42. The quantitative estimate of drug-likeness (QED) is 0.415. The number of ether oxygens (including phenoxy) is 2. The van der Waals surface area contributed by atoms with Crippen LogP contribution in [0.2, 0.25) is 0 Å². The molecule has 1 saturated heterocycles. The van der Waals surface area contributed by atoms with E-state index in [1.54, 1.807) is 0 Å². The van der Waals surface area contributed by atoms with Crippen molar-refractivity contribution in [3.05, 3.63) is 108 Å². The molecule has 0 aliphatic carbocycles. The van der Waals surface area contributed by atoms with Gasteiger partial charge in [0.1, 0.15) is 0 Å². The van der Waals surface area contributed by atoms with Gasteiger partial charge in [-0.1, -0.05) is 97.4 Å². The first-order valence-electron chi connectivity index (χ1n) is 11.4. The first kappa shape index (κ1) is 21.8. The Bertz CT molecular complexity index is 816. The third kappa shape index (κ3) is 6.76. The lowest BCUT2D eigenvalue weighted by molar-refractivity contribution is -0.0321.